The predicted molar refractivity (Wildman–Crippen MR) is 86.6 cm³/mol. The van der Waals surface area contributed by atoms with Gasteiger partial charge in [0.15, 0.2) is 0 Å². The smallest absolute Gasteiger partial charge is 0.224 e. The van der Waals surface area contributed by atoms with Crippen LogP contribution in [0.5, 0.6) is 0 Å². The van der Waals surface area contributed by atoms with E-state index in [0.717, 1.165) is 35.6 Å². The Morgan fingerprint density at radius 1 is 1.33 bits per heavy atom. The van der Waals surface area contributed by atoms with Gasteiger partial charge in [0.1, 0.15) is 0 Å². The van der Waals surface area contributed by atoms with Crippen LogP contribution in [0.25, 0.3) is 0 Å². The minimum atomic E-state index is 0.0867. The summed E-state index contributed by atoms with van der Waals surface area (Å²) in [6.07, 6.45) is 3.93. The first-order valence-electron chi connectivity index (χ1n) is 7.83. The van der Waals surface area contributed by atoms with E-state index in [1.54, 1.807) is 0 Å². The third kappa shape index (κ3) is 3.13. The molecule has 0 saturated carbocycles. The van der Waals surface area contributed by atoms with Crippen molar-refractivity contribution in [3.8, 4) is 0 Å². The van der Waals surface area contributed by atoms with Crippen LogP contribution < -0.4 is 16.4 Å². The Morgan fingerprint density at radius 3 is 2.86 bits per heavy atom. The van der Waals surface area contributed by atoms with Gasteiger partial charge in [-0.2, -0.15) is 0 Å². The fraction of sp³-hybridized carbons (Fsp3) is 0.562. The highest BCUT2D eigenvalue weighted by Crippen LogP contribution is 2.31. The molecule has 2 aliphatic heterocycles. The van der Waals surface area contributed by atoms with Crippen molar-refractivity contribution in [1.29, 1.82) is 0 Å². The summed E-state index contributed by atoms with van der Waals surface area (Å²) in [5.74, 6) is 0.0867. The number of nitrogens with two attached hydrogens (primary N) is 1. The minimum Gasteiger partial charge on any atom is -0.397 e. The number of aryl methyl sites for hydroxylation is 1. The van der Waals surface area contributed by atoms with Gasteiger partial charge in [0.05, 0.1) is 11.4 Å². The highest BCUT2D eigenvalue weighted by molar-refractivity contribution is 5.95. The molecule has 1 amide bonds. The fourth-order valence-electron chi connectivity index (χ4n) is 3.17. The second-order valence-electron chi connectivity index (χ2n) is 6.12. The monoisotopic (exact) mass is 288 g/mol. The molecule has 4 N–H and O–H groups in total. The van der Waals surface area contributed by atoms with Crippen LogP contribution in [0, 0.1) is 0 Å². The standard InChI is InChI=1S/C16H24N4O/c1-11(20-6-2-3-7-20)10-18-15-9-14-12(8-13(15)17)4-5-16(21)19-14/h8-9,11,18H,2-7,10,17H2,1H3,(H,19,21). The van der Waals surface area contributed by atoms with E-state index >= 15 is 0 Å². The van der Waals surface area contributed by atoms with Gasteiger partial charge in [-0.1, -0.05) is 0 Å². The normalized spacial score (nSPS) is 20.0. The molecule has 1 aromatic carbocycles. The largest absolute Gasteiger partial charge is 0.397 e. The SMILES string of the molecule is CC(CNc1cc2c(cc1N)CCC(=O)N2)N1CCCC1. The number of nitrogen functional groups attached to an aromatic ring is 1. The van der Waals surface area contributed by atoms with Crippen molar-refractivity contribution in [2.75, 3.05) is 36.0 Å². The van der Waals surface area contributed by atoms with Crippen molar-refractivity contribution >= 4 is 23.0 Å². The van der Waals surface area contributed by atoms with Crippen LogP contribution in [0.15, 0.2) is 12.1 Å². The molecule has 1 fully saturated rings. The van der Waals surface area contributed by atoms with E-state index in [-0.39, 0.29) is 5.91 Å². The average molecular weight is 288 g/mol. The Bertz CT molecular complexity index is 537. The molecule has 1 atom stereocenters. The van der Waals surface area contributed by atoms with E-state index in [2.05, 4.69) is 22.5 Å². The van der Waals surface area contributed by atoms with Gasteiger partial charge in [-0.25, -0.2) is 0 Å². The van der Waals surface area contributed by atoms with Crippen molar-refractivity contribution in [3.05, 3.63) is 17.7 Å². The molecule has 1 unspecified atom stereocenters. The molecule has 5 heteroatoms. The molecule has 3 rings (SSSR count). The van der Waals surface area contributed by atoms with Crippen molar-refractivity contribution in [2.45, 2.75) is 38.6 Å². The number of rotatable bonds is 4. The molecule has 2 heterocycles. The second kappa shape index (κ2) is 5.93. The van der Waals surface area contributed by atoms with E-state index in [1.165, 1.54) is 25.9 Å². The lowest BCUT2D eigenvalue weighted by Crippen LogP contribution is -2.35. The molecule has 5 nitrogen and oxygen atoms in total. The first kappa shape index (κ1) is 14.2. The Morgan fingerprint density at radius 2 is 2.10 bits per heavy atom. The van der Waals surface area contributed by atoms with Crippen LogP contribution in [-0.2, 0) is 11.2 Å². The Kier molecular flexibility index (Phi) is 4.01. The zero-order valence-electron chi connectivity index (χ0n) is 12.6. The van der Waals surface area contributed by atoms with Crippen molar-refractivity contribution < 1.29 is 4.79 Å². The van der Waals surface area contributed by atoms with Crippen LogP contribution in [0.2, 0.25) is 0 Å². The van der Waals surface area contributed by atoms with Gasteiger partial charge < -0.3 is 16.4 Å². The summed E-state index contributed by atoms with van der Waals surface area (Å²) in [5, 5.41) is 6.36. The molecule has 2 aliphatic rings. The number of nitrogens with one attached hydrogen (secondary N) is 2. The lowest BCUT2D eigenvalue weighted by molar-refractivity contribution is -0.116. The molecule has 0 aliphatic carbocycles. The number of hydrogen-bond donors (Lipinski definition) is 3. The first-order valence-corrected chi connectivity index (χ1v) is 7.83. The summed E-state index contributed by atoms with van der Waals surface area (Å²) in [6.45, 7) is 5.50. The molecule has 21 heavy (non-hydrogen) atoms. The van der Waals surface area contributed by atoms with Gasteiger partial charge in [-0.05, 0) is 57.0 Å². The Balaban J connectivity index is 1.67. The molecule has 0 bridgehead atoms. The van der Waals surface area contributed by atoms with Gasteiger partial charge >= 0.3 is 0 Å². The van der Waals surface area contributed by atoms with Crippen molar-refractivity contribution in [3.63, 3.8) is 0 Å². The van der Waals surface area contributed by atoms with Crippen molar-refractivity contribution in [2.24, 2.45) is 0 Å². The third-order valence-electron chi connectivity index (χ3n) is 4.52. The van der Waals surface area contributed by atoms with Gasteiger partial charge in [0.25, 0.3) is 0 Å². The summed E-state index contributed by atoms with van der Waals surface area (Å²) < 4.78 is 0. The fourth-order valence-corrected chi connectivity index (χ4v) is 3.17. The molecule has 1 saturated heterocycles. The first-order chi connectivity index (χ1) is 10.1. The topological polar surface area (TPSA) is 70.4 Å². The number of nitrogens with zero attached hydrogens (tertiary/aromatic N) is 1. The summed E-state index contributed by atoms with van der Waals surface area (Å²) in [6, 6.07) is 4.45. The van der Waals surface area contributed by atoms with Gasteiger partial charge in [-0.15, -0.1) is 0 Å². The number of amides is 1. The van der Waals surface area contributed by atoms with Crippen molar-refractivity contribution in [1.82, 2.24) is 4.90 Å². The lowest BCUT2D eigenvalue weighted by Gasteiger charge is -2.25. The second-order valence-corrected chi connectivity index (χ2v) is 6.12. The molecule has 1 aromatic rings. The molecule has 0 aromatic heterocycles. The highest BCUT2D eigenvalue weighted by Gasteiger charge is 2.19. The molecule has 0 spiro atoms. The zero-order chi connectivity index (χ0) is 14.8. The number of benzene rings is 1. The zero-order valence-corrected chi connectivity index (χ0v) is 12.6. The minimum absolute atomic E-state index is 0.0867. The van der Waals surface area contributed by atoms with E-state index in [1.807, 2.05) is 12.1 Å². The van der Waals surface area contributed by atoms with Crippen LogP contribution in [0.1, 0.15) is 31.7 Å². The Hall–Kier alpha value is -1.75. The number of hydrogen-bond acceptors (Lipinski definition) is 4. The number of likely N-dealkylation sites (tertiary alicyclic amines) is 1. The highest BCUT2D eigenvalue weighted by atomic mass is 16.1. The molecular formula is C16H24N4O. The molecule has 0 radical (unpaired) electrons. The number of carbonyl (C=O) groups is 1. The van der Waals surface area contributed by atoms with E-state index in [9.17, 15) is 4.79 Å². The maximum Gasteiger partial charge on any atom is 0.224 e. The number of fused-ring (bicyclic) bond motifs is 1. The van der Waals surface area contributed by atoms with E-state index in [0.29, 0.717) is 12.5 Å². The van der Waals surface area contributed by atoms with Gasteiger partial charge in [0, 0.05) is 24.7 Å². The molecule has 114 valence electrons. The van der Waals surface area contributed by atoms with Gasteiger partial charge in [0.2, 0.25) is 5.91 Å². The Labute approximate surface area is 125 Å². The summed E-state index contributed by atoms with van der Waals surface area (Å²) in [4.78, 5) is 14.0. The maximum absolute atomic E-state index is 11.5. The van der Waals surface area contributed by atoms with E-state index in [4.69, 9.17) is 5.73 Å². The number of anilines is 3. The summed E-state index contributed by atoms with van der Waals surface area (Å²) in [5.41, 5.74) is 9.84. The lowest BCUT2D eigenvalue weighted by atomic mass is 10.0. The summed E-state index contributed by atoms with van der Waals surface area (Å²) in [7, 11) is 0. The third-order valence-corrected chi connectivity index (χ3v) is 4.52. The number of carbonyl (C=O) groups excluding carboxylic acids is 1. The van der Waals surface area contributed by atoms with E-state index < -0.39 is 0 Å². The quantitative estimate of drug-likeness (QED) is 0.742. The maximum atomic E-state index is 11.5. The average Bonchev–Trinajstić information content (AvgIpc) is 2.99. The molecular weight excluding hydrogens is 264 g/mol. The van der Waals surface area contributed by atoms with Crippen LogP contribution >= 0.6 is 0 Å². The summed E-state index contributed by atoms with van der Waals surface area (Å²) >= 11 is 0. The van der Waals surface area contributed by atoms with Crippen LogP contribution in [-0.4, -0.2) is 36.5 Å². The predicted octanol–water partition coefficient (Wildman–Crippen LogP) is 2.05. The van der Waals surface area contributed by atoms with Crippen LogP contribution in [0.4, 0.5) is 17.1 Å². The van der Waals surface area contributed by atoms with Gasteiger partial charge in [-0.3, -0.25) is 9.69 Å². The van der Waals surface area contributed by atoms with Crippen LogP contribution in [0.3, 0.4) is 0 Å².